The Morgan fingerprint density at radius 3 is 2.84 bits per heavy atom. The van der Waals surface area contributed by atoms with Crippen LogP contribution < -0.4 is 10.5 Å². The van der Waals surface area contributed by atoms with Crippen LogP contribution in [0.3, 0.4) is 0 Å². The first-order chi connectivity index (χ1) is 9.17. The molecule has 1 aromatic rings. The second-order valence-corrected chi connectivity index (χ2v) is 5.51. The molecule has 3 nitrogen and oxygen atoms in total. The van der Waals surface area contributed by atoms with E-state index in [0.29, 0.717) is 28.8 Å². The van der Waals surface area contributed by atoms with Crippen LogP contribution in [-0.2, 0) is 0 Å². The monoisotopic (exact) mass is 281 g/mol. The summed E-state index contributed by atoms with van der Waals surface area (Å²) in [6, 6.07) is 5.22. The van der Waals surface area contributed by atoms with E-state index >= 15 is 0 Å². The molecule has 1 fully saturated rings. The fourth-order valence-electron chi connectivity index (χ4n) is 2.86. The molecule has 2 unspecified atom stereocenters. The molecule has 1 aromatic carbocycles. The van der Waals surface area contributed by atoms with E-state index in [2.05, 4.69) is 0 Å². The van der Waals surface area contributed by atoms with E-state index in [0.717, 1.165) is 19.3 Å². The van der Waals surface area contributed by atoms with Gasteiger partial charge in [-0.1, -0.05) is 24.4 Å². The Labute approximate surface area is 119 Å². The van der Waals surface area contributed by atoms with Crippen molar-refractivity contribution in [3.8, 4) is 5.75 Å². The summed E-state index contributed by atoms with van der Waals surface area (Å²) < 4.78 is 5.17. The maximum absolute atomic E-state index is 12.6. The molecule has 0 amide bonds. The zero-order valence-electron chi connectivity index (χ0n) is 11.2. The predicted octanol–water partition coefficient (Wildman–Crippen LogP) is 3.30. The molecule has 0 bridgehead atoms. The van der Waals surface area contributed by atoms with Crippen LogP contribution in [0.2, 0.25) is 5.02 Å². The Balaban J connectivity index is 2.22. The molecule has 0 saturated heterocycles. The van der Waals surface area contributed by atoms with Gasteiger partial charge in [-0.15, -0.1) is 0 Å². The molecule has 0 aromatic heterocycles. The summed E-state index contributed by atoms with van der Waals surface area (Å²) in [6.07, 6.45) is 4.27. The van der Waals surface area contributed by atoms with Gasteiger partial charge in [0, 0.05) is 11.5 Å². The highest BCUT2D eigenvalue weighted by molar-refractivity contribution is 6.32. The van der Waals surface area contributed by atoms with E-state index in [1.54, 1.807) is 25.3 Å². The second kappa shape index (κ2) is 6.40. The molecule has 0 aliphatic heterocycles. The van der Waals surface area contributed by atoms with Crippen LogP contribution in [0, 0.1) is 11.8 Å². The van der Waals surface area contributed by atoms with E-state index in [4.69, 9.17) is 22.1 Å². The average Bonchev–Trinajstić information content (AvgIpc) is 2.47. The smallest absolute Gasteiger partial charge is 0.166 e. The highest BCUT2D eigenvalue weighted by atomic mass is 35.5. The highest BCUT2D eigenvalue weighted by Gasteiger charge is 2.30. The van der Waals surface area contributed by atoms with E-state index in [9.17, 15) is 4.79 Å². The maximum atomic E-state index is 12.6. The van der Waals surface area contributed by atoms with Crippen LogP contribution >= 0.6 is 11.6 Å². The van der Waals surface area contributed by atoms with Gasteiger partial charge in [0.1, 0.15) is 5.75 Å². The summed E-state index contributed by atoms with van der Waals surface area (Å²) in [5.74, 6) is 1.07. The third kappa shape index (κ3) is 3.10. The Bertz CT molecular complexity index is 461. The van der Waals surface area contributed by atoms with Crippen LogP contribution in [0.5, 0.6) is 5.75 Å². The minimum atomic E-state index is 0.0460. The van der Waals surface area contributed by atoms with Crippen molar-refractivity contribution >= 4 is 17.4 Å². The average molecular weight is 282 g/mol. The lowest BCUT2D eigenvalue weighted by molar-refractivity contribution is 0.0829. The van der Waals surface area contributed by atoms with Gasteiger partial charge < -0.3 is 10.5 Å². The van der Waals surface area contributed by atoms with Crippen molar-refractivity contribution in [2.24, 2.45) is 17.6 Å². The number of methoxy groups -OCH3 is 1. The predicted molar refractivity (Wildman–Crippen MR) is 76.8 cm³/mol. The van der Waals surface area contributed by atoms with E-state index < -0.39 is 0 Å². The number of hydrogen-bond donors (Lipinski definition) is 1. The van der Waals surface area contributed by atoms with E-state index in [1.807, 2.05) is 0 Å². The van der Waals surface area contributed by atoms with Crippen LogP contribution in [0.25, 0.3) is 0 Å². The molecule has 4 heteroatoms. The molecule has 2 rings (SSSR count). The first-order valence-corrected chi connectivity index (χ1v) is 7.13. The summed E-state index contributed by atoms with van der Waals surface area (Å²) in [5, 5.41) is 0.526. The molecule has 19 heavy (non-hydrogen) atoms. The number of rotatable bonds is 4. The number of benzene rings is 1. The number of hydrogen-bond acceptors (Lipinski definition) is 3. The topological polar surface area (TPSA) is 52.3 Å². The number of ketones is 1. The maximum Gasteiger partial charge on any atom is 0.166 e. The summed E-state index contributed by atoms with van der Waals surface area (Å²) in [6.45, 7) is 0.584. The molecule has 1 aliphatic rings. The van der Waals surface area contributed by atoms with Gasteiger partial charge in [-0.2, -0.15) is 0 Å². The van der Waals surface area contributed by atoms with Gasteiger partial charge in [0.25, 0.3) is 0 Å². The molecule has 0 heterocycles. The second-order valence-electron chi connectivity index (χ2n) is 5.10. The zero-order valence-corrected chi connectivity index (χ0v) is 12.0. The van der Waals surface area contributed by atoms with Gasteiger partial charge in [0.15, 0.2) is 5.78 Å². The largest absolute Gasteiger partial charge is 0.495 e. The van der Waals surface area contributed by atoms with Crippen molar-refractivity contribution in [3.63, 3.8) is 0 Å². The van der Waals surface area contributed by atoms with Gasteiger partial charge >= 0.3 is 0 Å². The third-order valence-corrected chi connectivity index (χ3v) is 4.30. The van der Waals surface area contributed by atoms with Crippen LogP contribution in [0.1, 0.15) is 36.0 Å². The number of halogens is 1. The standard InChI is InChI=1S/C15H20ClNO2/c1-19-14-8-10(6-7-13(14)16)15(18)12-5-3-2-4-11(12)9-17/h6-8,11-12H,2-5,9,17H2,1H3. The minimum Gasteiger partial charge on any atom is -0.495 e. The molecule has 0 spiro atoms. The lowest BCUT2D eigenvalue weighted by Crippen LogP contribution is -2.32. The van der Waals surface area contributed by atoms with Crippen LogP contribution in [0.15, 0.2) is 18.2 Å². The summed E-state index contributed by atoms with van der Waals surface area (Å²) in [4.78, 5) is 12.6. The van der Waals surface area contributed by atoms with Crippen molar-refractivity contribution in [2.45, 2.75) is 25.7 Å². The Morgan fingerprint density at radius 2 is 2.16 bits per heavy atom. The molecule has 1 aliphatic carbocycles. The molecule has 1 saturated carbocycles. The van der Waals surface area contributed by atoms with Crippen molar-refractivity contribution < 1.29 is 9.53 Å². The summed E-state index contributed by atoms with van der Waals surface area (Å²) in [5.41, 5.74) is 6.46. The molecule has 2 atom stereocenters. The summed E-state index contributed by atoms with van der Waals surface area (Å²) >= 11 is 5.99. The Kier molecular flexibility index (Phi) is 4.83. The van der Waals surface area contributed by atoms with Crippen molar-refractivity contribution in [3.05, 3.63) is 28.8 Å². The SMILES string of the molecule is COc1cc(C(=O)C2CCCCC2CN)ccc1Cl. The fraction of sp³-hybridized carbons (Fsp3) is 0.533. The number of ether oxygens (including phenoxy) is 1. The van der Waals surface area contributed by atoms with Gasteiger partial charge in [-0.3, -0.25) is 4.79 Å². The zero-order chi connectivity index (χ0) is 13.8. The van der Waals surface area contributed by atoms with Gasteiger partial charge in [0.05, 0.1) is 12.1 Å². The quantitative estimate of drug-likeness (QED) is 0.862. The van der Waals surface area contributed by atoms with Crippen molar-refractivity contribution in [2.75, 3.05) is 13.7 Å². The Morgan fingerprint density at radius 1 is 1.42 bits per heavy atom. The first kappa shape index (κ1) is 14.4. The number of Topliss-reactive ketones (excluding diaryl/α,β-unsaturated/α-hetero) is 1. The normalized spacial score (nSPS) is 23.1. The van der Waals surface area contributed by atoms with E-state index in [1.165, 1.54) is 6.42 Å². The van der Waals surface area contributed by atoms with Crippen LogP contribution in [-0.4, -0.2) is 19.4 Å². The fourth-order valence-corrected chi connectivity index (χ4v) is 3.06. The summed E-state index contributed by atoms with van der Waals surface area (Å²) in [7, 11) is 1.55. The van der Waals surface area contributed by atoms with Crippen molar-refractivity contribution in [1.82, 2.24) is 0 Å². The minimum absolute atomic E-state index is 0.0460. The lowest BCUT2D eigenvalue weighted by Gasteiger charge is -2.29. The Hall–Kier alpha value is -1.06. The first-order valence-electron chi connectivity index (χ1n) is 6.75. The number of carbonyl (C=O) groups is 1. The molecular formula is C15H20ClNO2. The third-order valence-electron chi connectivity index (χ3n) is 3.98. The van der Waals surface area contributed by atoms with Gasteiger partial charge in [-0.05, 0) is 43.5 Å². The van der Waals surface area contributed by atoms with Crippen LogP contribution in [0.4, 0.5) is 0 Å². The van der Waals surface area contributed by atoms with Gasteiger partial charge in [-0.25, -0.2) is 0 Å². The van der Waals surface area contributed by atoms with Crippen molar-refractivity contribution in [1.29, 1.82) is 0 Å². The lowest BCUT2D eigenvalue weighted by atomic mass is 9.75. The highest BCUT2D eigenvalue weighted by Crippen LogP contribution is 2.33. The molecule has 2 N–H and O–H groups in total. The molecule has 0 radical (unpaired) electrons. The molecular weight excluding hydrogens is 262 g/mol. The van der Waals surface area contributed by atoms with E-state index in [-0.39, 0.29) is 11.7 Å². The number of nitrogens with two attached hydrogens (primary N) is 1. The molecule has 104 valence electrons. The van der Waals surface area contributed by atoms with Gasteiger partial charge in [0.2, 0.25) is 0 Å². The number of carbonyl (C=O) groups excluding carboxylic acids is 1.